The molecule has 1 heterocycles. The fraction of sp³-hybridized carbons (Fsp3) is 0.389. The van der Waals surface area contributed by atoms with E-state index in [1.54, 1.807) is 6.92 Å². The first-order valence-electron chi connectivity index (χ1n) is 8.35. The number of dihydropyridines is 1. The van der Waals surface area contributed by atoms with Crippen LogP contribution in [0.4, 0.5) is 18.0 Å². The zero-order valence-electron chi connectivity index (χ0n) is 16.2. The normalized spacial score (nSPS) is 16.5. The van der Waals surface area contributed by atoms with Gasteiger partial charge in [-0.1, -0.05) is 18.2 Å². The van der Waals surface area contributed by atoms with E-state index in [0.29, 0.717) is 0 Å². The molecule has 11 heteroatoms. The number of hydrogen-bond acceptors (Lipinski definition) is 7. The molecule has 0 radical (unpaired) electrons. The number of ether oxygens (including phenoxy) is 2. The lowest BCUT2D eigenvalue weighted by atomic mass is 9.86. The fourth-order valence-corrected chi connectivity index (χ4v) is 2.77. The molecule has 8 nitrogen and oxygen atoms in total. The van der Waals surface area contributed by atoms with E-state index in [4.69, 9.17) is 9.84 Å². The van der Waals surface area contributed by atoms with E-state index in [9.17, 15) is 28.1 Å². The second kappa shape index (κ2) is 9.92. The summed E-state index contributed by atoms with van der Waals surface area (Å²) in [5.74, 6) is -1.87. The molecule has 1 atom stereocenters. The lowest BCUT2D eigenvalue weighted by Gasteiger charge is -2.27. The van der Waals surface area contributed by atoms with E-state index in [1.807, 2.05) is 0 Å². The number of rotatable bonds is 3. The fourth-order valence-electron chi connectivity index (χ4n) is 2.77. The van der Waals surface area contributed by atoms with Gasteiger partial charge in [-0.2, -0.15) is 13.2 Å². The van der Waals surface area contributed by atoms with Crippen LogP contribution in [-0.4, -0.2) is 29.9 Å². The summed E-state index contributed by atoms with van der Waals surface area (Å²) in [7, 11) is 1.02. The summed E-state index contributed by atoms with van der Waals surface area (Å²) < 4.78 is 49.6. The van der Waals surface area contributed by atoms with Crippen molar-refractivity contribution in [1.29, 1.82) is 0 Å². The van der Waals surface area contributed by atoms with Crippen molar-refractivity contribution in [2.24, 2.45) is 0 Å². The van der Waals surface area contributed by atoms with E-state index in [1.165, 1.54) is 26.0 Å². The van der Waals surface area contributed by atoms with E-state index in [-0.39, 0.29) is 23.8 Å². The molecule has 0 saturated carbocycles. The Labute approximate surface area is 164 Å². The quantitative estimate of drug-likeness (QED) is 0.435. The van der Waals surface area contributed by atoms with Gasteiger partial charge in [0.15, 0.2) is 0 Å². The summed E-state index contributed by atoms with van der Waals surface area (Å²) in [6.07, 6.45) is -5.95. The van der Waals surface area contributed by atoms with Crippen molar-refractivity contribution in [3.8, 4) is 0 Å². The molecule has 1 aliphatic rings. The van der Waals surface area contributed by atoms with Gasteiger partial charge >= 0.3 is 12.3 Å². The summed E-state index contributed by atoms with van der Waals surface area (Å²) in [6.45, 7) is 4.72. The number of carbonyl (C=O) groups excluding carboxylic acids is 1. The predicted octanol–water partition coefficient (Wildman–Crippen LogP) is 3.91. The van der Waals surface area contributed by atoms with Crippen molar-refractivity contribution in [1.82, 2.24) is 5.32 Å². The number of alkyl halides is 3. The molecule has 0 fully saturated rings. The third-order valence-corrected chi connectivity index (χ3v) is 3.80. The first-order chi connectivity index (χ1) is 13.5. The molecule has 0 aromatic heterocycles. The predicted molar refractivity (Wildman–Crippen MR) is 96.0 cm³/mol. The van der Waals surface area contributed by atoms with Gasteiger partial charge in [0.05, 0.1) is 29.0 Å². The molecule has 29 heavy (non-hydrogen) atoms. The number of nitro groups is 1. The smallest absolute Gasteiger partial charge is 0.437 e. The summed E-state index contributed by atoms with van der Waals surface area (Å²) >= 11 is 0. The Balaban J connectivity index is 0.00000132. The first kappa shape index (κ1) is 24.0. The molecular weight excluding hydrogens is 397 g/mol. The van der Waals surface area contributed by atoms with Crippen molar-refractivity contribution >= 4 is 6.16 Å². The molecule has 0 spiro atoms. The van der Waals surface area contributed by atoms with Crippen molar-refractivity contribution in [2.45, 2.75) is 32.9 Å². The van der Waals surface area contributed by atoms with Crippen LogP contribution in [0.5, 0.6) is 0 Å². The average Bonchev–Trinajstić information content (AvgIpc) is 2.63. The van der Waals surface area contributed by atoms with Crippen LogP contribution in [0.1, 0.15) is 37.8 Å². The molecule has 0 bridgehead atoms. The molecule has 1 aliphatic heterocycles. The van der Waals surface area contributed by atoms with Gasteiger partial charge in [0.25, 0.3) is 5.70 Å². The molecule has 2 N–H and O–H groups in total. The van der Waals surface area contributed by atoms with Crippen molar-refractivity contribution in [3.63, 3.8) is 0 Å². The second-order valence-electron chi connectivity index (χ2n) is 5.77. The van der Waals surface area contributed by atoms with Crippen LogP contribution in [0.15, 0.2) is 47.1 Å². The zero-order valence-corrected chi connectivity index (χ0v) is 16.2. The minimum atomic E-state index is -4.75. The lowest BCUT2D eigenvalue weighted by Crippen LogP contribution is -2.31. The number of carbonyl (C=O) groups is 1. The standard InChI is InChI=1S/C16H15F3N2O5.C2H6O/c1-8-13(21(23)24)12(14(9(2)20-8)26-15(22)25-3)10-6-4-5-7-11(10)16(17,18)19;1-2-3/h4-7,12,20H,1-3H3;3H,2H2,1H3. The number of benzene rings is 1. The molecule has 160 valence electrons. The van der Waals surface area contributed by atoms with Gasteiger partial charge in [-0.3, -0.25) is 10.1 Å². The molecule has 1 aromatic rings. The van der Waals surface area contributed by atoms with Crippen molar-refractivity contribution in [2.75, 3.05) is 13.7 Å². The second-order valence-corrected chi connectivity index (χ2v) is 5.77. The molecule has 0 saturated heterocycles. The van der Waals surface area contributed by atoms with Crippen LogP contribution in [-0.2, 0) is 15.7 Å². The Kier molecular flexibility index (Phi) is 8.19. The third kappa shape index (κ3) is 5.70. The molecule has 0 aliphatic carbocycles. The van der Waals surface area contributed by atoms with Crippen LogP contribution in [0.3, 0.4) is 0 Å². The maximum Gasteiger partial charge on any atom is 0.513 e. The van der Waals surface area contributed by atoms with Gasteiger partial charge in [0, 0.05) is 6.61 Å². The van der Waals surface area contributed by atoms with Gasteiger partial charge in [-0.05, 0) is 32.4 Å². The number of aliphatic hydroxyl groups is 1. The van der Waals surface area contributed by atoms with E-state index in [2.05, 4.69) is 10.1 Å². The van der Waals surface area contributed by atoms with Gasteiger partial charge in [-0.15, -0.1) is 0 Å². The molecule has 1 unspecified atom stereocenters. The summed E-state index contributed by atoms with van der Waals surface area (Å²) in [6, 6.07) is 4.43. The monoisotopic (exact) mass is 418 g/mol. The maximum atomic E-state index is 13.4. The number of nitrogens with zero attached hydrogens (tertiary/aromatic N) is 1. The number of halogens is 3. The Morgan fingerprint density at radius 1 is 1.28 bits per heavy atom. The number of aliphatic hydroxyl groups excluding tert-OH is 1. The zero-order chi connectivity index (χ0) is 22.4. The van der Waals surface area contributed by atoms with E-state index in [0.717, 1.165) is 19.2 Å². The SMILES string of the molecule is CCO.COC(=O)OC1=C(C)NC(C)=C([N+](=O)[O-])C1c1ccccc1C(F)(F)F. The molecule has 1 aromatic carbocycles. The molecule has 0 amide bonds. The molecular formula is C18H21F3N2O6. The van der Waals surface area contributed by atoms with E-state index < -0.39 is 40.0 Å². The Hall–Kier alpha value is -3.08. The van der Waals surface area contributed by atoms with Crippen LogP contribution < -0.4 is 5.32 Å². The van der Waals surface area contributed by atoms with Crippen LogP contribution >= 0.6 is 0 Å². The summed E-state index contributed by atoms with van der Waals surface area (Å²) in [5, 5.41) is 21.8. The summed E-state index contributed by atoms with van der Waals surface area (Å²) in [5.41, 5.74) is -1.79. The van der Waals surface area contributed by atoms with Crippen LogP contribution in [0, 0.1) is 10.1 Å². The van der Waals surface area contributed by atoms with Crippen molar-refractivity contribution < 1.29 is 37.5 Å². The third-order valence-electron chi connectivity index (χ3n) is 3.80. The highest BCUT2D eigenvalue weighted by Crippen LogP contribution is 2.44. The minimum absolute atomic E-state index is 0.0479. The average molecular weight is 418 g/mol. The topological polar surface area (TPSA) is 111 Å². The number of methoxy groups -OCH3 is 1. The van der Waals surface area contributed by atoms with Crippen LogP contribution in [0.2, 0.25) is 0 Å². The Morgan fingerprint density at radius 2 is 1.83 bits per heavy atom. The first-order valence-corrected chi connectivity index (χ1v) is 8.35. The lowest BCUT2D eigenvalue weighted by molar-refractivity contribution is -0.431. The Morgan fingerprint density at radius 3 is 2.31 bits per heavy atom. The number of allylic oxidation sites excluding steroid dienone is 2. The summed E-state index contributed by atoms with van der Waals surface area (Å²) in [4.78, 5) is 22.3. The number of nitrogens with one attached hydrogen (secondary N) is 1. The molecule has 2 rings (SSSR count). The van der Waals surface area contributed by atoms with Gasteiger partial charge < -0.3 is 19.9 Å². The van der Waals surface area contributed by atoms with Crippen LogP contribution in [0.25, 0.3) is 0 Å². The highest BCUT2D eigenvalue weighted by atomic mass is 19.4. The highest BCUT2D eigenvalue weighted by molar-refractivity contribution is 5.62. The Bertz CT molecular complexity index is 833. The van der Waals surface area contributed by atoms with Gasteiger partial charge in [0.2, 0.25) is 0 Å². The maximum absolute atomic E-state index is 13.4. The van der Waals surface area contributed by atoms with Gasteiger partial charge in [0.1, 0.15) is 11.7 Å². The minimum Gasteiger partial charge on any atom is -0.437 e. The number of hydrogen-bond donors (Lipinski definition) is 2. The van der Waals surface area contributed by atoms with E-state index >= 15 is 0 Å². The van der Waals surface area contributed by atoms with Crippen molar-refractivity contribution in [3.05, 3.63) is 68.4 Å². The van der Waals surface area contributed by atoms with Gasteiger partial charge in [-0.25, -0.2) is 4.79 Å². The highest BCUT2D eigenvalue weighted by Gasteiger charge is 2.44. The largest absolute Gasteiger partial charge is 0.513 e.